The largest absolute Gasteiger partial charge is 0.465 e. The summed E-state index contributed by atoms with van der Waals surface area (Å²) in [5.74, 6) is -0.393. The molecule has 0 atom stereocenters. The monoisotopic (exact) mass is 206 g/mol. The number of carbonyl (C=O) groups excluding carboxylic acids is 1. The average molecular weight is 206 g/mol. The van der Waals surface area contributed by atoms with Gasteiger partial charge in [-0.15, -0.1) is 12.6 Å². The van der Waals surface area contributed by atoms with E-state index in [1.54, 1.807) is 12.1 Å². The van der Waals surface area contributed by atoms with Crippen LogP contribution in [0.2, 0.25) is 0 Å². The van der Waals surface area contributed by atoms with Crippen molar-refractivity contribution in [1.82, 2.24) is 0 Å². The molecule has 0 spiro atoms. The zero-order chi connectivity index (χ0) is 9.14. The van der Waals surface area contributed by atoms with Gasteiger partial charge in [-0.25, -0.2) is 4.79 Å². The normalized spacial score (nSPS) is 8.77. The smallest absolute Gasteiger partial charge is 0.337 e. The third-order valence-corrected chi connectivity index (χ3v) is 1.86. The number of methoxy groups -OCH3 is 1. The summed E-state index contributed by atoms with van der Waals surface area (Å²) < 4.78 is 4.51. The standard InChI is InChI=1S/C8H9NO2S.Na/c1-11-8(10)5-2-3-7(12)6(9)4-5;/h2-4,12H,9H2,1H3;. The molecular formula is C8H9NNaO2S. The third-order valence-electron chi connectivity index (χ3n) is 1.45. The van der Waals surface area contributed by atoms with Gasteiger partial charge in [0.25, 0.3) is 0 Å². The molecule has 0 aliphatic rings. The van der Waals surface area contributed by atoms with Gasteiger partial charge in [0.2, 0.25) is 0 Å². The predicted octanol–water partition coefficient (Wildman–Crippen LogP) is 0.963. The summed E-state index contributed by atoms with van der Waals surface area (Å²) in [4.78, 5) is 11.6. The molecule has 0 heterocycles. The first-order valence-corrected chi connectivity index (χ1v) is 3.76. The maximum atomic E-state index is 11.0. The van der Waals surface area contributed by atoms with Gasteiger partial charge in [-0.2, -0.15) is 0 Å². The first-order chi connectivity index (χ1) is 5.65. The molecule has 13 heavy (non-hydrogen) atoms. The Kier molecular flexibility index (Phi) is 5.48. The van der Waals surface area contributed by atoms with Crippen LogP contribution in [-0.2, 0) is 4.74 Å². The molecule has 3 nitrogen and oxygen atoms in total. The fraction of sp³-hybridized carbons (Fsp3) is 0.125. The maximum absolute atomic E-state index is 11.0. The number of ether oxygens (including phenoxy) is 1. The zero-order valence-corrected chi connectivity index (χ0v) is 10.5. The number of hydrogen-bond donors (Lipinski definition) is 2. The Bertz CT molecular complexity index is 317. The van der Waals surface area contributed by atoms with Gasteiger partial charge in [-0.05, 0) is 18.2 Å². The van der Waals surface area contributed by atoms with E-state index in [-0.39, 0.29) is 29.6 Å². The summed E-state index contributed by atoms with van der Waals surface area (Å²) >= 11 is 4.07. The molecule has 1 radical (unpaired) electrons. The first kappa shape index (κ1) is 12.8. The van der Waals surface area contributed by atoms with Crippen molar-refractivity contribution in [3.63, 3.8) is 0 Å². The van der Waals surface area contributed by atoms with Crippen molar-refractivity contribution in [3.8, 4) is 0 Å². The van der Waals surface area contributed by atoms with E-state index >= 15 is 0 Å². The Balaban J connectivity index is 0.00000144. The second-order valence-corrected chi connectivity index (χ2v) is 2.75. The first-order valence-electron chi connectivity index (χ1n) is 3.32. The SMILES string of the molecule is COC(=O)c1ccc(S)c(N)c1.[Na]. The number of hydrogen-bond acceptors (Lipinski definition) is 4. The van der Waals surface area contributed by atoms with Crippen LogP contribution in [0.3, 0.4) is 0 Å². The molecule has 1 aromatic rings. The molecular weight excluding hydrogens is 197 g/mol. The number of carbonyl (C=O) groups is 1. The minimum absolute atomic E-state index is 0. The van der Waals surface area contributed by atoms with E-state index < -0.39 is 5.97 Å². The van der Waals surface area contributed by atoms with Gasteiger partial charge in [-0.3, -0.25) is 0 Å². The van der Waals surface area contributed by atoms with Gasteiger partial charge in [0, 0.05) is 40.1 Å². The molecule has 2 N–H and O–H groups in total. The van der Waals surface area contributed by atoms with Gasteiger partial charge < -0.3 is 10.5 Å². The molecule has 0 aromatic heterocycles. The number of anilines is 1. The average Bonchev–Trinajstić information content (AvgIpc) is 2.08. The molecule has 5 heteroatoms. The number of nitrogens with two attached hydrogens (primary N) is 1. The predicted molar refractivity (Wildman–Crippen MR) is 55.2 cm³/mol. The number of benzene rings is 1. The van der Waals surface area contributed by atoms with E-state index in [1.165, 1.54) is 13.2 Å². The van der Waals surface area contributed by atoms with Crippen molar-refractivity contribution in [2.45, 2.75) is 4.90 Å². The van der Waals surface area contributed by atoms with Crippen LogP contribution in [-0.4, -0.2) is 42.6 Å². The van der Waals surface area contributed by atoms with E-state index in [4.69, 9.17) is 5.73 Å². The van der Waals surface area contributed by atoms with Gasteiger partial charge in [0.1, 0.15) is 0 Å². The molecule has 0 aliphatic carbocycles. The van der Waals surface area contributed by atoms with Crippen molar-refractivity contribution < 1.29 is 9.53 Å². The molecule has 0 saturated carbocycles. The van der Waals surface area contributed by atoms with Crippen LogP contribution in [0.25, 0.3) is 0 Å². The van der Waals surface area contributed by atoms with Gasteiger partial charge >= 0.3 is 5.97 Å². The van der Waals surface area contributed by atoms with E-state index in [1.807, 2.05) is 0 Å². The molecule has 0 amide bonds. The maximum Gasteiger partial charge on any atom is 0.337 e. The van der Waals surface area contributed by atoms with Crippen LogP contribution < -0.4 is 5.73 Å². The summed E-state index contributed by atoms with van der Waals surface area (Å²) in [6.07, 6.45) is 0. The van der Waals surface area contributed by atoms with Crippen LogP contribution in [0, 0.1) is 0 Å². The second-order valence-electron chi connectivity index (χ2n) is 2.27. The fourth-order valence-electron chi connectivity index (χ4n) is 0.799. The van der Waals surface area contributed by atoms with E-state index in [9.17, 15) is 4.79 Å². The van der Waals surface area contributed by atoms with Crippen LogP contribution in [0.15, 0.2) is 23.1 Å². The number of nitrogen functional groups attached to an aromatic ring is 1. The molecule has 0 aliphatic heterocycles. The third kappa shape index (κ3) is 3.23. The Labute approximate surface area is 104 Å². The molecule has 0 bridgehead atoms. The summed E-state index contributed by atoms with van der Waals surface area (Å²) in [5.41, 5.74) is 6.44. The molecule has 1 aromatic carbocycles. The van der Waals surface area contributed by atoms with Gasteiger partial charge in [0.15, 0.2) is 0 Å². The Morgan fingerprint density at radius 1 is 1.54 bits per heavy atom. The zero-order valence-electron chi connectivity index (χ0n) is 7.57. The minimum atomic E-state index is -0.393. The second kappa shape index (κ2) is 5.54. The van der Waals surface area contributed by atoms with Crippen LogP contribution in [0.5, 0.6) is 0 Å². The summed E-state index contributed by atoms with van der Waals surface area (Å²) in [7, 11) is 1.33. The molecule has 0 saturated heterocycles. The number of rotatable bonds is 1. The van der Waals surface area contributed by atoms with Crippen LogP contribution in [0.4, 0.5) is 5.69 Å². The number of esters is 1. The van der Waals surface area contributed by atoms with Crippen molar-refractivity contribution in [3.05, 3.63) is 23.8 Å². The molecule has 0 fully saturated rings. The Hall–Kier alpha value is -0.160. The van der Waals surface area contributed by atoms with E-state index in [0.717, 1.165) is 0 Å². The van der Waals surface area contributed by atoms with Gasteiger partial charge in [-0.1, -0.05) is 0 Å². The quantitative estimate of drug-likeness (QED) is 0.311. The summed E-state index contributed by atoms with van der Waals surface area (Å²) in [6, 6.07) is 4.81. The topological polar surface area (TPSA) is 52.3 Å². The van der Waals surface area contributed by atoms with Gasteiger partial charge in [0.05, 0.1) is 12.7 Å². The molecule has 1 rings (SSSR count). The van der Waals surface area contributed by atoms with Crippen LogP contribution in [0.1, 0.15) is 10.4 Å². The van der Waals surface area contributed by atoms with E-state index in [0.29, 0.717) is 16.1 Å². The van der Waals surface area contributed by atoms with Crippen molar-refractivity contribution in [2.24, 2.45) is 0 Å². The van der Waals surface area contributed by atoms with Crippen molar-refractivity contribution in [1.29, 1.82) is 0 Å². The summed E-state index contributed by atoms with van der Waals surface area (Å²) in [5, 5.41) is 0. The minimum Gasteiger partial charge on any atom is -0.465 e. The number of thiol groups is 1. The van der Waals surface area contributed by atoms with E-state index in [2.05, 4.69) is 17.4 Å². The molecule has 0 unspecified atom stereocenters. The Morgan fingerprint density at radius 2 is 2.15 bits per heavy atom. The molecule has 65 valence electrons. The van der Waals surface area contributed by atoms with Crippen molar-refractivity contribution >= 4 is 53.8 Å². The summed E-state index contributed by atoms with van der Waals surface area (Å²) in [6.45, 7) is 0. The van der Waals surface area contributed by atoms with Crippen LogP contribution >= 0.6 is 12.6 Å². The fourth-order valence-corrected chi connectivity index (χ4v) is 0.938. The van der Waals surface area contributed by atoms with Crippen molar-refractivity contribution in [2.75, 3.05) is 12.8 Å². The Morgan fingerprint density at radius 3 is 2.62 bits per heavy atom.